The number of hydrogen-bond donors (Lipinski definition) is 2. The van der Waals surface area contributed by atoms with Crippen molar-refractivity contribution < 1.29 is 14.6 Å². The van der Waals surface area contributed by atoms with Crippen LogP contribution in [0, 0.1) is 5.41 Å². The molecular formula is C14H19NO3. The fourth-order valence-corrected chi connectivity index (χ4v) is 2.69. The lowest BCUT2D eigenvalue weighted by atomic mass is 9.76. The Labute approximate surface area is 107 Å². The first-order chi connectivity index (χ1) is 8.54. The highest BCUT2D eigenvalue weighted by atomic mass is 16.5. The number of aliphatic hydroxyl groups is 1. The SMILES string of the molecule is COc1ccc(OC)c2c1CCCC2(O)C(C)=N. The fourth-order valence-electron chi connectivity index (χ4n) is 2.69. The number of benzene rings is 1. The minimum Gasteiger partial charge on any atom is -0.496 e. The van der Waals surface area contributed by atoms with Gasteiger partial charge >= 0.3 is 0 Å². The Kier molecular flexibility index (Phi) is 3.30. The Morgan fingerprint density at radius 2 is 1.89 bits per heavy atom. The molecule has 2 N–H and O–H groups in total. The third-order valence-electron chi connectivity index (χ3n) is 3.67. The maximum atomic E-state index is 10.8. The van der Waals surface area contributed by atoms with E-state index in [0.29, 0.717) is 17.7 Å². The van der Waals surface area contributed by atoms with Gasteiger partial charge < -0.3 is 20.0 Å². The van der Waals surface area contributed by atoms with Gasteiger partial charge in [0.05, 0.1) is 14.2 Å². The Morgan fingerprint density at radius 1 is 1.28 bits per heavy atom. The molecule has 1 aliphatic rings. The zero-order valence-corrected chi connectivity index (χ0v) is 11.0. The van der Waals surface area contributed by atoms with Gasteiger partial charge in [-0.05, 0) is 38.3 Å². The second-order valence-corrected chi connectivity index (χ2v) is 4.66. The Balaban J connectivity index is 2.71. The van der Waals surface area contributed by atoms with Crippen LogP contribution in [-0.4, -0.2) is 25.0 Å². The molecule has 0 amide bonds. The molecule has 2 rings (SSSR count). The minimum absolute atomic E-state index is 0.245. The molecule has 0 fully saturated rings. The van der Waals surface area contributed by atoms with E-state index in [1.54, 1.807) is 27.2 Å². The Bertz CT molecular complexity index is 484. The van der Waals surface area contributed by atoms with E-state index in [9.17, 15) is 5.11 Å². The Hall–Kier alpha value is -1.55. The van der Waals surface area contributed by atoms with Gasteiger partial charge in [-0.15, -0.1) is 0 Å². The summed E-state index contributed by atoms with van der Waals surface area (Å²) in [6, 6.07) is 3.64. The Morgan fingerprint density at radius 3 is 2.44 bits per heavy atom. The van der Waals surface area contributed by atoms with Gasteiger partial charge in [-0.3, -0.25) is 0 Å². The summed E-state index contributed by atoms with van der Waals surface area (Å²) in [7, 11) is 3.20. The third-order valence-corrected chi connectivity index (χ3v) is 3.67. The van der Waals surface area contributed by atoms with Gasteiger partial charge in [0.15, 0.2) is 0 Å². The standard InChI is InChI=1S/C14H19NO3/c1-9(15)14(16)8-4-5-10-11(17-2)6-7-12(18-3)13(10)14/h6-7,15-16H,4-5,8H2,1-3H3. The van der Waals surface area contributed by atoms with E-state index in [2.05, 4.69) is 0 Å². The van der Waals surface area contributed by atoms with Crippen molar-refractivity contribution in [3.63, 3.8) is 0 Å². The van der Waals surface area contributed by atoms with E-state index in [1.807, 2.05) is 6.07 Å². The number of fused-ring (bicyclic) bond motifs is 1. The van der Waals surface area contributed by atoms with E-state index in [1.165, 1.54) is 0 Å². The second-order valence-electron chi connectivity index (χ2n) is 4.66. The quantitative estimate of drug-likeness (QED) is 0.808. The summed E-state index contributed by atoms with van der Waals surface area (Å²) in [6.07, 6.45) is 2.23. The van der Waals surface area contributed by atoms with Crippen molar-refractivity contribution in [1.82, 2.24) is 0 Å². The first-order valence-electron chi connectivity index (χ1n) is 6.07. The molecule has 18 heavy (non-hydrogen) atoms. The molecule has 98 valence electrons. The smallest absolute Gasteiger partial charge is 0.131 e. The van der Waals surface area contributed by atoms with Crippen LogP contribution in [0.4, 0.5) is 0 Å². The molecule has 0 saturated heterocycles. The van der Waals surface area contributed by atoms with Gasteiger partial charge in [-0.2, -0.15) is 0 Å². The molecule has 1 aliphatic carbocycles. The molecule has 4 heteroatoms. The monoisotopic (exact) mass is 249 g/mol. The molecule has 0 bridgehead atoms. The van der Waals surface area contributed by atoms with Crippen molar-refractivity contribution in [2.45, 2.75) is 31.8 Å². The summed E-state index contributed by atoms with van der Waals surface area (Å²) >= 11 is 0. The number of hydrogen-bond acceptors (Lipinski definition) is 4. The van der Waals surface area contributed by atoms with Crippen LogP contribution in [0.1, 0.15) is 30.9 Å². The summed E-state index contributed by atoms with van der Waals surface area (Å²) in [5, 5.41) is 18.6. The van der Waals surface area contributed by atoms with Crippen LogP contribution in [0.25, 0.3) is 0 Å². The zero-order valence-electron chi connectivity index (χ0n) is 11.0. The highest BCUT2D eigenvalue weighted by Gasteiger charge is 2.40. The average Bonchev–Trinajstić information content (AvgIpc) is 2.37. The second kappa shape index (κ2) is 4.61. The normalized spacial score (nSPS) is 22.2. The van der Waals surface area contributed by atoms with Crippen LogP contribution >= 0.6 is 0 Å². The predicted molar refractivity (Wildman–Crippen MR) is 69.8 cm³/mol. The molecule has 0 heterocycles. The van der Waals surface area contributed by atoms with E-state index in [4.69, 9.17) is 14.9 Å². The van der Waals surface area contributed by atoms with Crippen molar-refractivity contribution in [2.24, 2.45) is 0 Å². The average molecular weight is 249 g/mol. The van der Waals surface area contributed by atoms with Gasteiger partial charge in [0.1, 0.15) is 17.1 Å². The number of ether oxygens (including phenoxy) is 2. The van der Waals surface area contributed by atoms with Gasteiger partial charge in [0.2, 0.25) is 0 Å². The molecule has 1 aromatic rings. The van der Waals surface area contributed by atoms with Crippen molar-refractivity contribution in [1.29, 1.82) is 5.41 Å². The maximum absolute atomic E-state index is 10.8. The van der Waals surface area contributed by atoms with Crippen LogP contribution in [0.15, 0.2) is 12.1 Å². The highest BCUT2D eigenvalue weighted by molar-refractivity contribution is 5.90. The van der Waals surface area contributed by atoms with E-state index >= 15 is 0 Å². The topological polar surface area (TPSA) is 62.5 Å². The van der Waals surface area contributed by atoms with Gasteiger partial charge in [-0.1, -0.05) is 0 Å². The third kappa shape index (κ3) is 1.77. The molecular weight excluding hydrogens is 230 g/mol. The molecule has 0 spiro atoms. The largest absolute Gasteiger partial charge is 0.496 e. The summed E-state index contributed by atoms with van der Waals surface area (Å²) in [5.74, 6) is 1.38. The van der Waals surface area contributed by atoms with Gasteiger partial charge in [-0.25, -0.2) is 0 Å². The molecule has 1 unspecified atom stereocenters. The summed E-state index contributed by atoms with van der Waals surface area (Å²) in [5.41, 5.74) is 0.670. The predicted octanol–water partition coefficient (Wildman–Crippen LogP) is 2.27. The lowest BCUT2D eigenvalue weighted by molar-refractivity contribution is 0.0857. The zero-order chi connectivity index (χ0) is 13.3. The molecule has 1 aromatic carbocycles. The van der Waals surface area contributed by atoms with Crippen molar-refractivity contribution >= 4 is 5.71 Å². The van der Waals surface area contributed by atoms with Crippen molar-refractivity contribution in [3.05, 3.63) is 23.3 Å². The lowest BCUT2D eigenvalue weighted by Crippen LogP contribution is -2.37. The number of rotatable bonds is 3. The van der Waals surface area contributed by atoms with Gasteiger partial charge in [0.25, 0.3) is 0 Å². The summed E-state index contributed by atoms with van der Waals surface area (Å²) in [4.78, 5) is 0. The van der Waals surface area contributed by atoms with Crippen LogP contribution in [0.5, 0.6) is 11.5 Å². The van der Waals surface area contributed by atoms with Crippen LogP contribution < -0.4 is 9.47 Å². The number of methoxy groups -OCH3 is 2. The highest BCUT2D eigenvalue weighted by Crippen LogP contribution is 2.45. The van der Waals surface area contributed by atoms with Crippen LogP contribution in [-0.2, 0) is 12.0 Å². The summed E-state index contributed by atoms with van der Waals surface area (Å²) < 4.78 is 10.7. The van der Waals surface area contributed by atoms with E-state index < -0.39 is 5.60 Å². The molecule has 0 aliphatic heterocycles. The first kappa shape index (κ1) is 12.9. The molecule has 4 nitrogen and oxygen atoms in total. The molecule has 0 radical (unpaired) electrons. The lowest BCUT2D eigenvalue weighted by Gasteiger charge is -2.35. The fraction of sp³-hybridized carbons (Fsp3) is 0.500. The molecule has 0 saturated carbocycles. The first-order valence-corrected chi connectivity index (χ1v) is 6.07. The van der Waals surface area contributed by atoms with E-state index in [0.717, 1.165) is 24.2 Å². The minimum atomic E-state index is -1.23. The van der Waals surface area contributed by atoms with Crippen LogP contribution in [0.3, 0.4) is 0 Å². The van der Waals surface area contributed by atoms with Crippen LogP contribution in [0.2, 0.25) is 0 Å². The molecule has 1 atom stereocenters. The maximum Gasteiger partial charge on any atom is 0.131 e. The number of nitrogens with one attached hydrogen (secondary N) is 1. The molecule has 0 aromatic heterocycles. The van der Waals surface area contributed by atoms with E-state index in [-0.39, 0.29) is 5.71 Å². The van der Waals surface area contributed by atoms with Crippen molar-refractivity contribution in [2.75, 3.05) is 14.2 Å². The van der Waals surface area contributed by atoms with Crippen molar-refractivity contribution in [3.8, 4) is 11.5 Å². The summed E-state index contributed by atoms with van der Waals surface area (Å²) in [6.45, 7) is 1.63. The van der Waals surface area contributed by atoms with Gasteiger partial charge in [0, 0.05) is 16.8 Å².